The van der Waals surface area contributed by atoms with E-state index in [1.807, 2.05) is 0 Å². The lowest BCUT2D eigenvalue weighted by Gasteiger charge is -2.33. The zero-order valence-corrected chi connectivity index (χ0v) is 14.1. The van der Waals surface area contributed by atoms with E-state index in [1.54, 1.807) is 6.07 Å². The zero-order chi connectivity index (χ0) is 17.6. The van der Waals surface area contributed by atoms with Crippen molar-refractivity contribution in [3.63, 3.8) is 0 Å². The normalized spacial score (nSPS) is 22.3. The highest BCUT2D eigenvalue weighted by molar-refractivity contribution is 5.94. The second-order valence-corrected chi connectivity index (χ2v) is 6.59. The molecular formula is C18H24F2N2O3. The number of halogens is 2. The van der Waals surface area contributed by atoms with Crippen molar-refractivity contribution in [2.24, 2.45) is 0 Å². The summed E-state index contributed by atoms with van der Waals surface area (Å²) in [6, 6.07) is 5.99. The van der Waals surface area contributed by atoms with Crippen molar-refractivity contribution >= 4 is 5.91 Å². The first-order chi connectivity index (χ1) is 12.1. The van der Waals surface area contributed by atoms with Crippen molar-refractivity contribution < 1.29 is 23.0 Å². The maximum absolute atomic E-state index is 12.3. The van der Waals surface area contributed by atoms with Crippen LogP contribution < -0.4 is 10.1 Å². The maximum Gasteiger partial charge on any atom is 0.387 e. The lowest BCUT2D eigenvalue weighted by Crippen LogP contribution is -2.46. The number of hydrogen-bond acceptors (Lipinski definition) is 4. The monoisotopic (exact) mass is 354 g/mol. The van der Waals surface area contributed by atoms with Gasteiger partial charge in [0, 0.05) is 37.8 Å². The van der Waals surface area contributed by atoms with Gasteiger partial charge < -0.3 is 19.7 Å². The van der Waals surface area contributed by atoms with E-state index in [9.17, 15) is 13.6 Å². The van der Waals surface area contributed by atoms with E-state index >= 15 is 0 Å². The van der Waals surface area contributed by atoms with Gasteiger partial charge in [-0.2, -0.15) is 8.78 Å². The number of amides is 1. The predicted molar refractivity (Wildman–Crippen MR) is 89.0 cm³/mol. The van der Waals surface area contributed by atoms with Crippen molar-refractivity contribution in [1.29, 1.82) is 0 Å². The van der Waals surface area contributed by atoms with Crippen LogP contribution in [0.15, 0.2) is 24.3 Å². The number of benzene rings is 1. The van der Waals surface area contributed by atoms with Crippen molar-refractivity contribution in [3.05, 3.63) is 29.8 Å². The fourth-order valence-electron chi connectivity index (χ4n) is 3.42. The minimum Gasteiger partial charge on any atom is -0.435 e. The van der Waals surface area contributed by atoms with Crippen LogP contribution in [0, 0.1) is 0 Å². The second-order valence-electron chi connectivity index (χ2n) is 6.59. The Hall–Kier alpha value is -1.73. The van der Waals surface area contributed by atoms with Gasteiger partial charge in [-0.25, -0.2) is 0 Å². The van der Waals surface area contributed by atoms with Crippen LogP contribution in [-0.4, -0.2) is 55.8 Å². The number of nitrogens with zero attached hydrogens (tertiary/aromatic N) is 1. The van der Waals surface area contributed by atoms with Crippen LogP contribution in [0.25, 0.3) is 0 Å². The first kappa shape index (κ1) is 18.1. The number of likely N-dealkylation sites (tertiary alicyclic amines) is 1. The Morgan fingerprint density at radius 3 is 2.80 bits per heavy atom. The van der Waals surface area contributed by atoms with Gasteiger partial charge in [0.2, 0.25) is 0 Å². The average molecular weight is 354 g/mol. The number of rotatable bonds is 6. The number of piperidine rings is 1. The molecule has 1 aromatic carbocycles. The van der Waals surface area contributed by atoms with Gasteiger partial charge in [-0.05, 0) is 43.9 Å². The predicted octanol–water partition coefficient (Wildman–Crippen LogP) is 2.66. The highest BCUT2D eigenvalue weighted by Gasteiger charge is 2.25. The Morgan fingerprint density at radius 1 is 1.32 bits per heavy atom. The molecule has 0 radical (unpaired) electrons. The van der Waals surface area contributed by atoms with E-state index in [4.69, 9.17) is 4.74 Å². The Bertz CT molecular complexity index is 571. The molecule has 2 fully saturated rings. The van der Waals surface area contributed by atoms with Gasteiger partial charge in [-0.3, -0.25) is 4.79 Å². The third-order valence-electron chi connectivity index (χ3n) is 4.73. The fraction of sp³-hybridized carbons (Fsp3) is 0.611. The quantitative estimate of drug-likeness (QED) is 0.853. The molecule has 1 N–H and O–H groups in total. The van der Waals surface area contributed by atoms with Crippen LogP contribution in [0.1, 0.15) is 36.0 Å². The molecule has 138 valence electrons. The summed E-state index contributed by atoms with van der Waals surface area (Å²) in [7, 11) is 0. The largest absolute Gasteiger partial charge is 0.435 e. The summed E-state index contributed by atoms with van der Waals surface area (Å²) < 4.78 is 34.6. The van der Waals surface area contributed by atoms with E-state index in [2.05, 4.69) is 15.0 Å². The number of carbonyl (C=O) groups excluding carboxylic acids is 1. The van der Waals surface area contributed by atoms with Crippen LogP contribution in [0.5, 0.6) is 5.75 Å². The Balaban J connectivity index is 1.46. The summed E-state index contributed by atoms with van der Waals surface area (Å²) >= 11 is 0. The summed E-state index contributed by atoms with van der Waals surface area (Å²) in [5.74, 6) is -0.258. The Labute approximate surface area is 146 Å². The van der Waals surface area contributed by atoms with Crippen molar-refractivity contribution in [2.45, 2.75) is 44.4 Å². The van der Waals surface area contributed by atoms with E-state index in [0.717, 1.165) is 51.9 Å². The van der Waals surface area contributed by atoms with E-state index in [0.29, 0.717) is 11.7 Å². The van der Waals surface area contributed by atoms with Gasteiger partial charge >= 0.3 is 6.61 Å². The molecule has 3 rings (SSSR count). The summed E-state index contributed by atoms with van der Waals surface area (Å²) in [6.45, 7) is 0.796. The fourth-order valence-corrected chi connectivity index (χ4v) is 3.42. The van der Waals surface area contributed by atoms with Crippen LogP contribution >= 0.6 is 0 Å². The number of alkyl halides is 2. The van der Waals surface area contributed by atoms with E-state index in [-0.39, 0.29) is 17.7 Å². The van der Waals surface area contributed by atoms with Gasteiger partial charge in [0.25, 0.3) is 5.91 Å². The van der Waals surface area contributed by atoms with Gasteiger partial charge in [0.05, 0.1) is 6.10 Å². The van der Waals surface area contributed by atoms with Crippen LogP contribution in [0.4, 0.5) is 8.78 Å². The first-order valence-electron chi connectivity index (χ1n) is 8.80. The van der Waals surface area contributed by atoms with Crippen molar-refractivity contribution in [2.75, 3.05) is 26.2 Å². The van der Waals surface area contributed by atoms with Crippen molar-refractivity contribution in [3.8, 4) is 5.75 Å². The van der Waals surface area contributed by atoms with Crippen LogP contribution in [0.3, 0.4) is 0 Å². The van der Waals surface area contributed by atoms with Crippen LogP contribution in [0.2, 0.25) is 0 Å². The molecule has 2 aliphatic rings. The number of ether oxygens (including phenoxy) is 2. The standard InChI is InChI=1S/C18H24F2N2O3/c19-18(20)25-15-4-1-3-13(11-15)17(23)21-14-6-8-22(9-7-14)12-16-5-2-10-24-16/h1,3-4,11,14,16,18H,2,5-10,12H2,(H,21,23)/t16-/m1/s1. The molecule has 7 heteroatoms. The molecule has 0 saturated carbocycles. The molecule has 1 atom stereocenters. The number of hydrogen-bond donors (Lipinski definition) is 1. The molecule has 0 aliphatic carbocycles. The smallest absolute Gasteiger partial charge is 0.387 e. The molecule has 0 bridgehead atoms. The Kier molecular flexibility index (Phi) is 6.20. The zero-order valence-electron chi connectivity index (χ0n) is 14.1. The maximum atomic E-state index is 12.3. The summed E-state index contributed by atoms with van der Waals surface area (Å²) in [5, 5.41) is 2.99. The van der Waals surface area contributed by atoms with E-state index < -0.39 is 6.61 Å². The highest BCUT2D eigenvalue weighted by atomic mass is 19.3. The summed E-state index contributed by atoms with van der Waals surface area (Å²) in [5.41, 5.74) is 0.333. The molecule has 2 aliphatic heterocycles. The molecule has 1 amide bonds. The minimum atomic E-state index is -2.90. The van der Waals surface area contributed by atoms with E-state index in [1.165, 1.54) is 18.2 Å². The topological polar surface area (TPSA) is 50.8 Å². The summed E-state index contributed by atoms with van der Waals surface area (Å²) in [4.78, 5) is 14.7. The highest BCUT2D eigenvalue weighted by Crippen LogP contribution is 2.19. The SMILES string of the molecule is O=C(NC1CCN(C[C@H]2CCCO2)CC1)c1cccc(OC(F)F)c1. The second kappa shape index (κ2) is 8.58. The van der Waals surface area contributed by atoms with Gasteiger partial charge in [-0.15, -0.1) is 0 Å². The molecular weight excluding hydrogens is 330 g/mol. The third-order valence-corrected chi connectivity index (χ3v) is 4.73. The molecule has 2 saturated heterocycles. The number of carbonyl (C=O) groups is 1. The lowest BCUT2D eigenvalue weighted by molar-refractivity contribution is -0.0498. The van der Waals surface area contributed by atoms with Crippen molar-refractivity contribution in [1.82, 2.24) is 10.2 Å². The lowest BCUT2D eigenvalue weighted by atomic mass is 10.0. The molecule has 5 nitrogen and oxygen atoms in total. The Morgan fingerprint density at radius 2 is 2.12 bits per heavy atom. The minimum absolute atomic E-state index is 0.00553. The van der Waals surface area contributed by atoms with Gasteiger partial charge in [-0.1, -0.05) is 6.07 Å². The van der Waals surface area contributed by atoms with Crippen LogP contribution in [-0.2, 0) is 4.74 Å². The molecule has 0 aromatic heterocycles. The van der Waals surface area contributed by atoms with Gasteiger partial charge in [0.15, 0.2) is 0 Å². The first-order valence-corrected chi connectivity index (χ1v) is 8.80. The number of nitrogens with one attached hydrogen (secondary N) is 1. The molecule has 1 aromatic rings. The van der Waals surface area contributed by atoms with Gasteiger partial charge in [0.1, 0.15) is 5.75 Å². The molecule has 25 heavy (non-hydrogen) atoms. The molecule has 0 unspecified atom stereocenters. The molecule has 2 heterocycles. The molecule has 0 spiro atoms. The summed E-state index contributed by atoms with van der Waals surface area (Å²) in [6.07, 6.45) is 4.39. The average Bonchev–Trinajstić information content (AvgIpc) is 3.09. The third kappa shape index (κ3) is 5.37.